The molecule has 6 rings (SSSR count). The highest BCUT2D eigenvalue weighted by molar-refractivity contribution is 6.23. The van der Waals surface area contributed by atoms with Gasteiger partial charge >= 0.3 is 0 Å². The van der Waals surface area contributed by atoms with E-state index in [0.717, 1.165) is 32.7 Å². The van der Waals surface area contributed by atoms with Crippen molar-refractivity contribution in [3.63, 3.8) is 0 Å². The minimum Gasteiger partial charge on any atom is -0.348 e. The third-order valence-electron chi connectivity index (χ3n) is 6.90. The lowest BCUT2D eigenvalue weighted by Crippen LogP contribution is -2.29. The summed E-state index contributed by atoms with van der Waals surface area (Å²) in [7, 11) is 0. The molecule has 5 aromatic carbocycles. The van der Waals surface area contributed by atoms with Gasteiger partial charge in [0.25, 0.3) is 17.7 Å². The Morgan fingerprint density at radius 1 is 0.684 bits per heavy atom. The number of fused-ring (bicyclic) bond motifs is 3. The second kappa shape index (κ2) is 9.41. The van der Waals surface area contributed by atoms with Crippen LogP contribution < -0.4 is 5.32 Å². The predicted octanol–water partition coefficient (Wildman–Crippen LogP) is 5.53. The summed E-state index contributed by atoms with van der Waals surface area (Å²) >= 11 is 0. The SMILES string of the molecule is O=Cc1cc2cc3cc4c(cc3cc2cc1C(=O)NCc1ccccc1)C(=O)N(Cc1ccccc1)C4=O. The summed E-state index contributed by atoms with van der Waals surface area (Å²) in [6, 6.07) is 29.5. The van der Waals surface area contributed by atoms with Crippen molar-refractivity contribution >= 4 is 45.6 Å². The number of aldehydes is 1. The van der Waals surface area contributed by atoms with E-state index in [1.54, 1.807) is 24.3 Å². The smallest absolute Gasteiger partial charge is 0.261 e. The molecule has 0 saturated heterocycles. The first-order valence-corrected chi connectivity index (χ1v) is 12.2. The van der Waals surface area contributed by atoms with Crippen molar-refractivity contribution in [1.29, 1.82) is 0 Å². The summed E-state index contributed by atoms with van der Waals surface area (Å²) in [5, 5.41) is 5.94. The fourth-order valence-electron chi connectivity index (χ4n) is 4.93. The van der Waals surface area contributed by atoms with Gasteiger partial charge in [0.05, 0.1) is 23.2 Å². The molecule has 0 fully saturated rings. The average molecular weight is 499 g/mol. The van der Waals surface area contributed by atoms with Crippen molar-refractivity contribution in [2.75, 3.05) is 0 Å². The molecular formula is C32H22N2O4. The van der Waals surface area contributed by atoms with Crippen molar-refractivity contribution in [3.8, 4) is 0 Å². The highest BCUT2D eigenvalue weighted by Crippen LogP contribution is 2.32. The zero-order valence-corrected chi connectivity index (χ0v) is 20.3. The number of nitrogens with zero attached hydrogens (tertiary/aromatic N) is 1. The molecule has 0 aliphatic carbocycles. The largest absolute Gasteiger partial charge is 0.348 e. The van der Waals surface area contributed by atoms with E-state index >= 15 is 0 Å². The van der Waals surface area contributed by atoms with Crippen LogP contribution in [0, 0.1) is 0 Å². The van der Waals surface area contributed by atoms with Crippen LogP contribution >= 0.6 is 0 Å². The maximum atomic E-state index is 13.1. The Hall–Kier alpha value is -5.10. The van der Waals surface area contributed by atoms with Gasteiger partial charge in [-0.3, -0.25) is 24.1 Å². The second-order valence-electron chi connectivity index (χ2n) is 9.35. The molecule has 0 unspecified atom stereocenters. The van der Waals surface area contributed by atoms with Gasteiger partial charge in [-0.25, -0.2) is 0 Å². The zero-order valence-electron chi connectivity index (χ0n) is 20.3. The lowest BCUT2D eigenvalue weighted by atomic mass is 9.95. The Labute approximate surface area is 218 Å². The third-order valence-corrected chi connectivity index (χ3v) is 6.90. The molecule has 0 atom stereocenters. The van der Waals surface area contributed by atoms with E-state index in [9.17, 15) is 19.2 Å². The molecule has 5 aromatic rings. The van der Waals surface area contributed by atoms with Gasteiger partial charge in [-0.2, -0.15) is 0 Å². The summed E-state index contributed by atoms with van der Waals surface area (Å²) in [5.41, 5.74) is 3.12. The fraction of sp³-hybridized carbons (Fsp3) is 0.0625. The van der Waals surface area contributed by atoms with Crippen molar-refractivity contribution in [1.82, 2.24) is 10.2 Å². The van der Waals surface area contributed by atoms with Crippen LogP contribution in [-0.4, -0.2) is 28.9 Å². The zero-order chi connectivity index (χ0) is 26.2. The van der Waals surface area contributed by atoms with Crippen LogP contribution in [-0.2, 0) is 13.1 Å². The number of imide groups is 1. The van der Waals surface area contributed by atoms with E-state index in [0.29, 0.717) is 24.0 Å². The topological polar surface area (TPSA) is 83.6 Å². The molecule has 0 radical (unpaired) electrons. The molecule has 1 N–H and O–H groups in total. The minimum absolute atomic E-state index is 0.204. The van der Waals surface area contributed by atoms with E-state index in [4.69, 9.17) is 0 Å². The van der Waals surface area contributed by atoms with Gasteiger partial charge in [-0.1, -0.05) is 60.7 Å². The van der Waals surface area contributed by atoms with E-state index in [1.165, 1.54) is 4.90 Å². The van der Waals surface area contributed by atoms with Crippen molar-refractivity contribution in [2.24, 2.45) is 0 Å². The first-order valence-electron chi connectivity index (χ1n) is 12.2. The molecule has 38 heavy (non-hydrogen) atoms. The van der Waals surface area contributed by atoms with Crippen molar-refractivity contribution in [3.05, 3.63) is 130 Å². The van der Waals surface area contributed by atoms with Gasteiger partial charge in [-0.05, 0) is 69.1 Å². The highest BCUT2D eigenvalue weighted by Gasteiger charge is 2.35. The van der Waals surface area contributed by atoms with E-state index in [1.807, 2.05) is 72.8 Å². The monoisotopic (exact) mass is 498 g/mol. The molecular weight excluding hydrogens is 476 g/mol. The maximum Gasteiger partial charge on any atom is 0.261 e. The molecule has 1 aliphatic heterocycles. The van der Waals surface area contributed by atoms with Crippen molar-refractivity contribution in [2.45, 2.75) is 13.1 Å². The van der Waals surface area contributed by atoms with E-state index < -0.39 is 0 Å². The quantitative estimate of drug-likeness (QED) is 0.190. The number of benzene rings is 5. The molecule has 184 valence electrons. The summed E-state index contributed by atoms with van der Waals surface area (Å²) < 4.78 is 0. The lowest BCUT2D eigenvalue weighted by molar-refractivity contribution is 0.0641. The molecule has 3 amide bonds. The molecule has 0 spiro atoms. The number of nitrogens with one attached hydrogen (secondary N) is 1. The number of carbonyl (C=O) groups excluding carboxylic acids is 4. The first-order chi connectivity index (χ1) is 18.5. The molecule has 1 heterocycles. The van der Waals surface area contributed by atoms with Crippen LogP contribution in [0.1, 0.15) is 52.6 Å². The van der Waals surface area contributed by atoms with Gasteiger partial charge in [0.2, 0.25) is 0 Å². The first kappa shape index (κ1) is 23.3. The number of hydrogen-bond acceptors (Lipinski definition) is 4. The standard InChI is InChI=1S/C32H22N2O4/c35-19-26-13-22-11-24-15-28-29(32(38)34(31(28)37)18-21-9-5-2-6-10-21)16-25(24)12-23(22)14-27(26)30(36)33-17-20-7-3-1-4-8-20/h1-16,19H,17-18H2,(H,33,36). The van der Waals surface area contributed by atoms with Crippen LogP contribution in [0.5, 0.6) is 0 Å². The average Bonchev–Trinajstić information content (AvgIpc) is 3.17. The molecule has 0 aromatic heterocycles. The van der Waals surface area contributed by atoms with Crippen LogP contribution in [0.2, 0.25) is 0 Å². The lowest BCUT2D eigenvalue weighted by Gasteiger charge is -2.13. The van der Waals surface area contributed by atoms with Gasteiger partial charge in [0, 0.05) is 12.1 Å². The number of hydrogen-bond donors (Lipinski definition) is 1. The molecule has 6 nitrogen and oxygen atoms in total. The van der Waals surface area contributed by atoms with Crippen molar-refractivity contribution < 1.29 is 19.2 Å². The maximum absolute atomic E-state index is 13.1. The van der Waals surface area contributed by atoms with Crippen LogP contribution in [0.4, 0.5) is 0 Å². The number of rotatable bonds is 6. The molecule has 6 heteroatoms. The Balaban J connectivity index is 1.36. The van der Waals surface area contributed by atoms with Crippen LogP contribution in [0.25, 0.3) is 21.5 Å². The third kappa shape index (κ3) is 4.12. The fourth-order valence-corrected chi connectivity index (χ4v) is 4.93. The van der Waals surface area contributed by atoms with E-state index in [2.05, 4.69) is 5.32 Å². The Kier molecular flexibility index (Phi) is 5.77. The molecule has 0 bridgehead atoms. The molecule has 1 aliphatic rings. The second-order valence-corrected chi connectivity index (χ2v) is 9.35. The summed E-state index contributed by atoms with van der Waals surface area (Å²) in [6.45, 7) is 0.547. The van der Waals surface area contributed by atoms with Crippen LogP contribution in [0.15, 0.2) is 97.1 Å². The Bertz CT molecular complexity index is 1750. The normalized spacial score (nSPS) is 12.7. The number of amides is 3. The van der Waals surface area contributed by atoms with Gasteiger partial charge in [0.1, 0.15) is 0 Å². The Morgan fingerprint density at radius 2 is 1.21 bits per heavy atom. The minimum atomic E-state index is -0.343. The predicted molar refractivity (Wildman–Crippen MR) is 145 cm³/mol. The van der Waals surface area contributed by atoms with Gasteiger partial charge in [0.15, 0.2) is 6.29 Å². The Morgan fingerprint density at radius 3 is 1.79 bits per heavy atom. The molecule has 0 saturated carbocycles. The van der Waals surface area contributed by atoms with Gasteiger partial charge < -0.3 is 5.32 Å². The summed E-state index contributed by atoms with van der Waals surface area (Å²) in [4.78, 5) is 52.4. The summed E-state index contributed by atoms with van der Waals surface area (Å²) in [6.07, 6.45) is 0.674. The van der Waals surface area contributed by atoms with E-state index in [-0.39, 0.29) is 35.4 Å². The van der Waals surface area contributed by atoms with Gasteiger partial charge in [-0.15, -0.1) is 0 Å². The van der Waals surface area contributed by atoms with Crippen LogP contribution in [0.3, 0.4) is 0 Å². The number of carbonyl (C=O) groups is 4. The summed E-state index contributed by atoms with van der Waals surface area (Å²) in [5.74, 6) is -0.993. The highest BCUT2D eigenvalue weighted by atomic mass is 16.2.